The third-order valence-corrected chi connectivity index (χ3v) is 8.43. The standard InChI is InChI=1S/2C7H3F4.C7H5F2O.Al/c2*1-3-6(10)4(8)2-5(9)7(3)11;1-10-7-3-2-5(8)4-6(7)9;/h2*1H3;3-4H,1H3;. The summed E-state index contributed by atoms with van der Waals surface area (Å²) in [6.45, 7) is 1.32. The van der Waals surface area contributed by atoms with Crippen LogP contribution in [0.4, 0.5) is 43.9 Å². The molecule has 0 atom stereocenters. The van der Waals surface area contributed by atoms with Gasteiger partial charge in [0.2, 0.25) is 0 Å². The molecule has 0 spiro atoms. The summed E-state index contributed by atoms with van der Waals surface area (Å²) in [6, 6.07) is 0.576. The zero-order valence-corrected chi connectivity index (χ0v) is 18.1. The van der Waals surface area contributed by atoms with Crippen LogP contribution in [-0.4, -0.2) is 21.3 Å². The molecule has 0 aliphatic heterocycles. The maximum atomic E-state index is 14.9. The molecule has 0 amide bonds. The van der Waals surface area contributed by atoms with Crippen molar-refractivity contribution in [2.24, 2.45) is 0 Å². The molecule has 0 heterocycles. The van der Waals surface area contributed by atoms with Crippen LogP contribution >= 0.6 is 0 Å². The van der Waals surface area contributed by atoms with E-state index >= 15 is 0 Å². The Kier molecular flexibility index (Phi) is 6.73. The number of rotatable bonds is 4. The van der Waals surface area contributed by atoms with Gasteiger partial charge in [-0.05, 0) is 28.8 Å². The Bertz CT molecular complexity index is 1160. The summed E-state index contributed by atoms with van der Waals surface area (Å²) in [6.07, 6.45) is 0. The van der Waals surface area contributed by atoms with Gasteiger partial charge < -0.3 is 4.74 Å². The highest BCUT2D eigenvalue weighted by molar-refractivity contribution is 6.95. The molecule has 0 aromatic heterocycles. The van der Waals surface area contributed by atoms with E-state index in [1.165, 1.54) is 0 Å². The predicted molar refractivity (Wildman–Crippen MR) is 99.6 cm³/mol. The van der Waals surface area contributed by atoms with Crippen LogP contribution < -0.4 is 18.0 Å². The van der Waals surface area contributed by atoms with Gasteiger partial charge in [0.15, 0.2) is 34.8 Å². The van der Waals surface area contributed by atoms with Crippen molar-refractivity contribution in [3.63, 3.8) is 0 Å². The van der Waals surface area contributed by atoms with Crippen molar-refractivity contribution in [3.8, 4) is 5.75 Å². The van der Waals surface area contributed by atoms with Gasteiger partial charge in [-0.15, -0.1) is 0 Å². The molecule has 0 saturated heterocycles. The lowest BCUT2D eigenvalue weighted by Gasteiger charge is -2.20. The monoisotopic (exact) mass is 496 g/mol. The summed E-state index contributed by atoms with van der Waals surface area (Å²) >= 11 is -4.80. The molecule has 12 heteroatoms. The minimum atomic E-state index is -4.80. The normalized spacial score (nSPS) is 11.2. The number of hydrogen-bond donors (Lipinski definition) is 0. The molecule has 3 aromatic carbocycles. The fourth-order valence-electron chi connectivity index (χ4n) is 3.40. The third-order valence-electron chi connectivity index (χ3n) is 5.19. The van der Waals surface area contributed by atoms with Crippen LogP contribution in [0, 0.1) is 72.0 Å². The van der Waals surface area contributed by atoms with Crippen LogP contribution in [0.5, 0.6) is 5.75 Å². The summed E-state index contributed by atoms with van der Waals surface area (Å²) < 4.78 is 145. The molecule has 3 aromatic rings. The van der Waals surface area contributed by atoms with Crippen LogP contribution in [0.25, 0.3) is 0 Å². The third kappa shape index (κ3) is 3.85. The Hall–Kier alpha value is -2.71. The minimum absolute atomic E-state index is 0.127. The smallest absolute Gasteiger partial charge is 0.408 e. The molecule has 0 N–H and O–H groups in total. The molecule has 0 radical (unpaired) electrons. The maximum absolute atomic E-state index is 14.9. The van der Waals surface area contributed by atoms with E-state index in [1.54, 1.807) is 0 Å². The number of benzene rings is 3. The molecule has 0 fully saturated rings. The first-order chi connectivity index (χ1) is 15.3. The second-order valence-electron chi connectivity index (χ2n) is 7.03. The fourth-order valence-corrected chi connectivity index (χ4v) is 6.51. The predicted octanol–water partition coefficient (Wildman–Crippen LogP) is 4.22. The van der Waals surface area contributed by atoms with Gasteiger partial charge in [-0.25, -0.2) is 43.9 Å². The highest BCUT2D eigenvalue weighted by atomic mass is 27.2. The molecule has 0 saturated carbocycles. The van der Waals surface area contributed by atoms with E-state index in [4.69, 9.17) is 0 Å². The molecule has 174 valence electrons. The molecule has 0 bridgehead atoms. The first-order valence-electron chi connectivity index (χ1n) is 9.02. The highest BCUT2D eigenvalue weighted by Gasteiger charge is 2.43. The van der Waals surface area contributed by atoms with Crippen molar-refractivity contribution in [1.82, 2.24) is 0 Å². The molecule has 0 aliphatic rings. The van der Waals surface area contributed by atoms with E-state index in [0.29, 0.717) is 19.9 Å². The fraction of sp³-hybridized carbons (Fsp3) is 0.143. The van der Waals surface area contributed by atoms with Crippen LogP contribution in [0.1, 0.15) is 11.1 Å². The number of ether oxygens (including phenoxy) is 1. The van der Waals surface area contributed by atoms with Crippen molar-refractivity contribution < 1.29 is 48.6 Å². The average Bonchev–Trinajstić information content (AvgIpc) is 2.78. The lowest BCUT2D eigenvalue weighted by molar-refractivity contribution is 0.385. The number of hydrogen-bond acceptors (Lipinski definition) is 1. The van der Waals surface area contributed by atoms with E-state index in [0.717, 1.165) is 7.11 Å². The Morgan fingerprint density at radius 2 is 0.909 bits per heavy atom. The molecular formula is C21H11AlF10O. The summed E-state index contributed by atoms with van der Waals surface area (Å²) in [5.74, 6) is -20.2. The van der Waals surface area contributed by atoms with Gasteiger partial charge in [0.1, 0.15) is 29.1 Å². The largest absolute Gasteiger partial charge is 0.494 e. The number of methoxy groups -OCH3 is 1. The molecule has 3 rings (SSSR count). The maximum Gasteiger partial charge on any atom is 0.408 e. The van der Waals surface area contributed by atoms with E-state index in [-0.39, 0.29) is 6.07 Å². The van der Waals surface area contributed by atoms with Crippen LogP contribution in [-0.2, 0) is 0 Å². The van der Waals surface area contributed by atoms with Gasteiger partial charge in [0, 0.05) is 17.2 Å². The molecule has 1 nitrogen and oxygen atoms in total. The SMILES string of the molecule is COc1c[c]([Al]([c]2c(F)c(F)c(C)c(F)c2F)[c]2c(F)c(F)c(C)c(F)c2F)c(F)cc1F. The second-order valence-corrected chi connectivity index (χ2v) is 9.67. The summed E-state index contributed by atoms with van der Waals surface area (Å²) in [5, 5.41) is 0. The highest BCUT2D eigenvalue weighted by Crippen LogP contribution is 2.23. The van der Waals surface area contributed by atoms with E-state index in [1.807, 2.05) is 0 Å². The summed E-state index contributed by atoms with van der Waals surface area (Å²) in [5.41, 5.74) is -2.28. The van der Waals surface area contributed by atoms with E-state index in [2.05, 4.69) is 4.74 Å². The Morgan fingerprint density at radius 3 is 1.24 bits per heavy atom. The lowest BCUT2D eigenvalue weighted by Crippen LogP contribution is -2.59. The van der Waals surface area contributed by atoms with Gasteiger partial charge in [0.25, 0.3) is 0 Å². The lowest BCUT2D eigenvalue weighted by atomic mass is 10.2. The molecule has 0 unspecified atom stereocenters. The van der Waals surface area contributed by atoms with Gasteiger partial charge in [-0.1, -0.05) is 4.43 Å². The van der Waals surface area contributed by atoms with Crippen LogP contribution in [0.2, 0.25) is 0 Å². The topological polar surface area (TPSA) is 9.23 Å². The Labute approximate surface area is 184 Å². The van der Waals surface area contributed by atoms with Gasteiger partial charge in [-0.3, -0.25) is 0 Å². The Morgan fingerprint density at radius 1 is 0.545 bits per heavy atom. The van der Waals surface area contributed by atoms with Gasteiger partial charge >= 0.3 is 14.1 Å². The first kappa shape index (κ1) is 24.9. The average molecular weight is 496 g/mol. The first-order valence-corrected chi connectivity index (χ1v) is 10.8. The van der Waals surface area contributed by atoms with E-state index < -0.39 is 102 Å². The molecule has 33 heavy (non-hydrogen) atoms. The van der Waals surface area contributed by atoms with Crippen LogP contribution in [0.3, 0.4) is 0 Å². The quantitative estimate of drug-likeness (QED) is 0.299. The second kappa shape index (κ2) is 8.91. The van der Waals surface area contributed by atoms with Gasteiger partial charge in [0.05, 0.1) is 7.11 Å². The van der Waals surface area contributed by atoms with Crippen molar-refractivity contribution >= 4 is 27.4 Å². The van der Waals surface area contributed by atoms with Crippen molar-refractivity contribution in [2.45, 2.75) is 13.8 Å². The zero-order valence-electron chi connectivity index (χ0n) is 16.9. The number of halogens is 10. The van der Waals surface area contributed by atoms with E-state index in [9.17, 15) is 43.9 Å². The van der Waals surface area contributed by atoms with Crippen molar-refractivity contribution in [3.05, 3.63) is 81.4 Å². The summed E-state index contributed by atoms with van der Waals surface area (Å²) in [7, 11) is 0.898. The van der Waals surface area contributed by atoms with Crippen LogP contribution in [0.15, 0.2) is 12.1 Å². The minimum Gasteiger partial charge on any atom is -0.494 e. The van der Waals surface area contributed by atoms with Gasteiger partial charge in [-0.2, -0.15) is 0 Å². The van der Waals surface area contributed by atoms with Crippen molar-refractivity contribution in [1.29, 1.82) is 0 Å². The zero-order chi connectivity index (χ0) is 24.9. The molecule has 0 aliphatic carbocycles. The summed E-state index contributed by atoms with van der Waals surface area (Å²) in [4.78, 5) is 0. The Balaban J connectivity index is 2.59. The molecular weight excluding hydrogens is 485 g/mol. The van der Waals surface area contributed by atoms with Crippen molar-refractivity contribution in [2.75, 3.05) is 7.11 Å².